The van der Waals surface area contributed by atoms with Crippen LogP contribution >= 0.6 is 11.3 Å². The van der Waals surface area contributed by atoms with E-state index in [0.29, 0.717) is 0 Å². The maximum Gasteiger partial charge on any atom is 0.123 e. The van der Waals surface area contributed by atoms with Crippen LogP contribution in [-0.2, 0) is 0 Å². The molecule has 0 amide bonds. The Bertz CT molecular complexity index is 766. The number of nitrogens with zero attached hydrogens (tertiary/aromatic N) is 1. The van der Waals surface area contributed by atoms with Gasteiger partial charge in [0.2, 0.25) is 0 Å². The van der Waals surface area contributed by atoms with E-state index >= 15 is 0 Å². The first-order chi connectivity index (χ1) is 10.2. The number of aromatic nitrogens is 1. The van der Waals surface area contributed by atoms with E-state index in [0.717, 1.165) is 28.2 Å². The SMILES string of the molecule is CCC(Nc1ccc2nc(C)sc2c1)c1cccc(F)c1. The largest absolute Gasteiger partial charge is 0.378 e. The molecule has 3 aromatic rings. The van der Waals surface area contributed by atoms with Crippen molar-refractivity contribution in [2.75, 3.05) is 5.32 Å². The van der Waals surface area contributed by atoms with E-state index in [2.05, 4.69) is 23.3 Å². The molecule has 0 aliphatic rings. The number of hydrogen-bond acceptors (Lipinski definition) is 3. The third-order valence-corrected chi connectivity index (χ3v) is 4.43. The fraction of sp³-hybridized carbons (Fsp3) is 0.235. The first kappa shape index (κ1) is 14.0. The first-order valence-electron chi connectivity index (χ1n) is 7.05. The monoisotopic (exact) mass is 300 g/mol. The van der Waals surface area contributed by atoms with Crippen LogP contribution in [0.15, 0.2) is 42.5 Å². The molecule has 4 heteroatoms. The van der Waals surface area contributed by atoms with Crippen molar-refractivity contribution in [1.82, 2.24) is 4.98 Å². The number of benzene rings is 2. The number of halogens is 1. The maximum atomic E-state index is 13.4. The van der Waals surface area contributed by atoms with Crippen LogP contribution in [0.4, 0.5) is 10.1 Å². The quantitative estimate of drug-likeness (QED) is 0.706. The van der Waals surface area contributed by atoms with Gasteiger partial charge in [-0.15, -0.1) is 11.3 Å². The summed E-state index contributed by atoms with van der Waals surface area (Å²) in [5.41, 5.74) is 3.04. The second-order valence-electron chi connectivity index (χ2n) is 5.08. The molecule has 0 aliphatic carbocycles. The highest BCUT2D eigenvalue weighted by Gasteiger charge is 2.10. The van der Waals surface area contributed by atoms with E-state index in [1.165, 1.54) is 10.8 Å². The van der Waals surface area contributed by atoms with Crippen LogP contribution in [0.1, 0.15) is 30.0 Å². The van der Waals surface area contributed by atoms with Crippen LogP contribution in [0, 0.1) is 12.7 Å². The van der Waals surface area contributed by atoms with Gasteiger partial charge in [0.1, 0.15) is 5.82 Å². The number of aryl methyl sites for hydroxylation is 1. The van der Waals surface area contributed by atoms with Gasteiger partial charge < -0.3 is 5.32 Å². The van der Waals surface area contributed by atoms with Gasteiger partial charge in [-0.2, -0.15) is 0 Å². The second-order valence-corrected chi connectivity index (χ2v) is 6.31. The predicted octanol–water partition coefficient (Wildman–Crippen LogP) is 5.31. The number of anilines is 1. The molecule has 0 aliphatic heterocycles. The van der Waals surface area contributed by atoms with E-state index in [9.17, 15) is 4.39 Å². The zero-order valence-corrected chi connectivity index (χ0v) is 12.9. The van der Waals surface area contributed by atoms with Crippen molar-refractivity contribution in [1.29, 1.82) is 0 Å². The standard InChI is InChI=1S/C17H17FN2S/c1-3-15(12-5-4-6-13(18)9-12)20-14-7-8-16-17(10-14)21-11(2)19-16/h4-10,15,20H,3H2,1-2H3. The third kappa shape index (κ3) is 3.05. The van der Waals surface area contributed by atoms with Gasteiger partial charge in [0.25, 0.3) is 0 Å². The summed E-state index contributed by atoms with van der Waals surface area (Å²) in [6, 6.07) is 13.1. The van der Waals surface area contributed by atoms with Crippen molar-refractivity contribution >= 4 is 27.2 Å². The minimum Gasteiger partial charge on any atom is -0.378 e. The number of hydrogen-bond donors (Lipinski definition) is 1. The Morgan fingerprint density at radius 3 is 2.86 bits per heavy atom. The number of nitrogens with one attached hydrogen (secondary N) is 1. The number of thiazole rings is 1. The van der Waals surface area contributed by atoms with Crippen molar-refractivity contribution in [3.63, 3.8) is 0 Å². The number of rotatable bonds is 4. The predicted molar refractivity (Wildman–Crippen MR) is 87.4 cm³/mol. The summed E-state index contributed by atoms with van der Waals surface area (Å²) >= 11 is 1.69. The van der Waals surface area contributed by atoms with Crippen LogP contribution in [0.3, 0.4) is 0 Å². The van der Waals surface area contributed by atoms with Crippen LogP contribution in [0.2, 0.25) is 0 Å². The molecule has 1 heterocycles. The fourth-order valence-corrected chi connectivity index (χ4v) is 3.34. The summed E-state index contributed by atoms with van der Waals surface area (Å²) in [7, 11) is 0. The third-order valence-electron chi connectivity index (χ3n) is 3.50. The molecule has 3 rings (SSSR count). The molecule has 1 atom stereocenters. The Morgan fingerprint density at radius 1 is 1.24 bits per heavy atom. The lowest BCUT2D eigenvalue weighted by Gasteiger charge is -2.19. The van der Waals surface area contributed by atoms with Gasteiger partial charge >= 0.3 is 0 Å². The molecule has 0 spiro atoms. The van der Waals surface area contributed by atoms with E-state index in [-0.39, 0.29) is 11.9 Å². The summed E-state index contributed by atoms with van der Waals surface area (Å²) in [5, 5.41) is 4.55. The lowest BCUT2D eigenvalue weighted by atomic mass is 10.0. The highest BCUT2D eigenvalue weighted by Crippen LogP contribution is 2.28. The van der Waals surface area contributed by atoms with E-state index in [1.807, 2.05) is 25.1 Å². The molecular formula is C17H17FN2S. The second kappa shape index (κ2) is 5.82. The van der Waals surface area contributed by atoms with E-state index < -0.39 is 0 Å². The van der Waals surface area contributed by atoms with Gasteiger partial charge in [-0.25, -0.2) is 9.37 Å². The topological polar surface area (TPSA) is 24.9 Å². The summed E-state index contributed by atoms with van der Waals surface area (Å²) < 4.78 is 14.6. The minimum absolute atomic E-state index is 0.104. The Labute approximate surface area is 127 Å². The van der Waals surface area contributed by atoms with Crippen LogP contribution < -0.4 is 5.32 Å². The number of fused-ring (bicyclic) bond motifs is 1. The smallest absolute Gasteiger partial charge is 0.123 e. The van der Waals surface area contributed by atoms with Crippen molar-refractivity contribution in [2.24, 2.45) is 0 Å². The molecule has 2 aromatic carbocycles. The van der Waals surface area contributed by atoms with Gasteiger partial charge in [0.15, 0.2) is 0 Å². The molecule has 1 unspecified atom stereocenters. The lowest BCUT2D eigenvalue weighted by molar-refractivity contribution is 0.621. The molecule has 108 valence electrons. The summed E-state index contributed by atoms with van der Waals surface area (Å²) in [6.07, 6.45) is 0.892. The molecule has 21 heavy (non-hydrogen) atoms. The Balaban J connectivity index is 1.88. The summed E-state index contributed by atoms with van der Waals surface area (Å²) in [6.45, 7) is 4.11. The molecule has 0 bridgehead atoms. The van der Waals surface area contributed by atoms with E-state index in [4.69, 9.17) is 0 Å². The van der Waals surface area contributed by atoms with E-state index in [1.54, 1.807) is 23.5 Å². The normalized spacial score (nSPS) is 12.5. The summed E-state index contributed by atoms with van der Waals surface area (Å²) in [5.74, 6) is -0.193. The Kier molecular flexibility index (Phi) is 3.88. The van der Waals surface area contributed by atoms with Gasteiger partial charge in [-0.1, -0.05) is 19.1 Å². The van der Waals surface area contributed by atoms with Crippen molar-refractivity contribution in [3.05, 3.63) is 58.9 Å². The van der Waals surface area contributed by atoms with Crippen LogP contribution in [0.5, 0.6) is 0 Å². The average molecular weight is 300 g/mol. The Hall–Kier alpha value is -1.94. The zero-order valence-electron chi connectivity index (χ0n) is 12.1. The first-order valence-corrected chi connectivity index (χ1v) is 7.86. The molecule has 0 radical (unpaired) electrons. The Morgan fingerprint density at radius 2 is 2.10 bits per heavy atom. The van der Waals surface area contributed by atoms with Crippen LogP contribution in [0.25, 0.3) is 10.2 Å². The van der Waals surface area contributed by atoms with Crippen molar-refractivity contribution in [2.45, 2.75) is 26.3 Å². The fourth-order valence-electron chi connectivity index (χ4n) is 2.48. The molecule has 2 nitrogen and oxygen atoms in total. The van der Waals surface area contributed by atoms with Gasteiger partial charge in [-0.3, -0.25) is 0 Å². The maximum absolute atomic E-state index is 13.4. The molecule has 0 fully saturated rings. The molecular weight excluding hydrogens is 283 g/mol. The molecule has 0 saturated carbocycles. The molecule has 1 N–H and O–H groups in total. The van der Waals surface area contributed by atoms with Gasteiger partial charge in [0, 0.05) is 5.69 Å². The molecule has 1 aromatic heterocycles. The van der Waals surface area contributed by atoms with Gasteiger partial charge in [0.05, 0.1) is 21.3 Å². The van der Waals surface area contributed by atoms with Crippen molar-refractivity contribution < 1.29 is 4.39 Å². The van der Waals surface area contributed by atoms with Crippen molar-refractivity contribution in [3.8, 4) is 0 Å². The minimum atomic E-state index is -0.193. The van der Waals surface area contributed by atoms with Crippen LogP contribution in [-0.4, -0.2) is 4.98 Å². The highest BCUT2D eigenvalue weighted by molar-refractivity contribution is 7.18. The van der Waals surface area contributed by atoms with Gasteiger partial charge in [-0.05, 0) is 49.2 Å². The average Bonchev–Trinajstić information content (AvgIpc) is 2.84. The summed E-state index contributed by atoms with van der Waals surface area (Å²) in [4.78, 5) is 4.46. The zero-order chi connectivity index (χ0) is 14.8. The highest BCUT2D eigenvalue weighted by atomic mass is 32.1. The molecule has 0 saturated heterocycles. The lowest BCUT2D eigenvalue weighted by Crippen LogP contribution is -2.09.